The first-order chi connectivity index (χ1) is 9.36. The van der Waals surface area contributed by atoms with E-state index >= 15 is 0 Å². The van der Waals surface area contributed by atoms with E-state index in [0.717, 1.165) is 0 Å². The van der Waals surface area contributed by atoms with Gasteiger partial charge in [-0.15, -0.1) is 0 Å². The minimum Gasteiger partial charge on any atom is -0.481 e. The Bertz CT molecular complexity index is 554. The molecule has 20 heavy (non-hydrogen) atoms. The summed E-state index contributed by atoms with van der Waals surface area (Å²) in [5, 5.41) is 24.6. The van der Waals surface area contributed by atoms with Gasteiger partial charge in [0.25, 0.3) is 0 Å². The van der Waals surface area contributed by atoms with Crippen molar-refractivity contribution < 1.29 is 14.8 Å². The van der Waals surface area contributed by atoms with Crippen LogP contribution in [0, 0.1) is 22.0 Å². The molecule has 8 nitrogen and oxygen atoms in total. The van der Waals surface area contributed by atoms with Crippen LogP contribution in [0.5, 0.6) is 0 Å². The summed E-state index contributed by atoms with van der Waals surface area (Å²) >= 11 is 0. The van der Waals surface area contributed by atoms with E-state index in [-0.39, 0.29) is 18.2 Å². The molecular formula is C12H18N4O4. The standard InChI is InChI=1S/C12H18N4O4/c1-4-9-10(16(19)20)11(14(3)13-9)15-5-7(2)8(6-15)12(17)18/h7-8H,4-6H2,1-3H3,(H,17,18)/t7-,8-/m1/s1. The predicted molar refractivity (Wildman–Crippen MR) is 71.7 cm³/mol. The number of nitrogens with zero attached hydrogens (tertiary/aromatic N) is 4. The third kappa shape index (κ3) is 2.21. The highest BCUT2D eigenvalue weighted by Gasteiger charge is 2.39. The molecule has 0 spiro atoms. The second-order valence-corrected chi connectivity index (χ2v) is 5.18. The summed E-state index contributed by atoms with van der Waals surface area (Å²) < 4.78 is 1.48. The number of hydrogen-bond acceptors (Lipinski definition) is 5. The number of carbonyl (C=O) groups is 1. The van der Waals surface area contributed by atoms with Gasteiger partial charge in [-0.25, -0.2) is 4.68 Å². The van der Waals surface area contributed by atoms with Gasteiger partial charge >= 0.3 is 11.7 Å². The first kappa shape index (κ1) is 14.3. The zero-order chi connectivity index (χ0) is 15.0. The van der Waals surface area contributed by atoms with E-state index in [2.05, 4.69) is 5.10 Å². The van der Waals surface area contributed by atoms with Gasteiger partial charge in [0.2, 0.25) is 5.82 Å². The molecule has 1 fully saturated rings. The third-order valence-corrected chi connectivity index (χ3v) is 3.81. The smallest absolute Gasteiger partial charge is 0.334 e. The normalized spacial score (nSPS) is 22.2. The zero-order valence-corrected chi connectivity index (χ0v) is 11.7. The monoisotopic (exact) mass is 282 g/mol. The highest BCUT2D eigenvalue weighted by molar-refractivity contribution is 5.73. The topological polar surface area (TPSA) is 102 Å². The molecule has 1 aromatic rings. The predicted octanol–water partition coefficient (Wildman–Crippen LogP) is 1.05. The summed E-state index contributed by atoms with van der Waals surface area (Å²) in [6.07, 6.45) is 0.468. The van der Waals surface area contributed by atoms with Crippen molar-refractivity contribution in [1.29, 1.82) is 0 Å². The largest absolute Gasteiger partial charge is 0.481 e. The molecule has 8 heteroatoms. The van der Waals surface area contributed by atoms with Gasteiger partial charge in [-0.3, -0.25) is 14.9 Å². The fourth-order valence-electron chi connectivity index (χ4n) is 2.80. The molecule has 2 heterocycles. The first-order valence-corrected chi connectivity index (χ1v) is 6.54. The van der Waals surface area contributed by atoms with Crippen LogP contribution in [-0.2, 0) is 18.3 Å². The van der Waals surface area contributed by atoms with Crippen molar-refractivity contribution in [3.8, 4) is 0 Å². The van der Waals surface area contributed by atoms with E-state index in [0.29, 0.717) is 24.5 Å². The fourth-order valence-corrected chi connectivity index (χ4v) is 2.80. The Morgan fingerprint density at radius 1 is 1.55 bits per heavy atom. The molecule has 1 aliphatic rings. The van der Waals surface area contributed by atoms with E-state index < -0.39 is 16.8 Å². The molecule has 0 unspecified atom stereocenters. The van der Waals surface area contributed by atoms with Crippen LogP contribution in [0.25, 0.3) is 0 Å². The Labute approximate surface area is 116 Å². The van der Waals surface area contributed by atoms with Crippen molar-refractivity contribution in [1.82, 2.24) is 9.78 Å². The van der Waals surface area contributed by atoms with Crippen molar-refractivity contribution in [2.75, 3.05) is 18.0 Å². The molecule has 1 aromatic heterocycles. The molecule has 110 valence electrons. The number of aryl methyl sites for hydroxylation is 2. The minimum atomic E-state index is -0.861. The van der Waals surface area contributed by atoms with E-state index in [1.54, 1.807) is 11.9 Å². The van der Waals surface area contributed by atoms with Gasteiger partial charge in [-0.1, -0.05) is 13.8 Å². The summed E-state index contributed by atoms with van der Waals surface area (Å²) in [6.45, 7) is 4.42. The molecule has 2 rings (SSSR count). The number of rotatable bonds is 4. The van der Waals surface area contributed by atoms with Crippen LogP contribution in [0.15, 0.2) is 0 Å². The summed E-state index contributed by atoms with van der Waals surface area (Å²) in [6, 6.07) is 0. The van der Waals surface area contributed by atoms with E-state index in [1.165, 1.54) is 4.68 Å². The molecule has 0 amide bonds. The van der Waals surface area contributed by atoms with Crippen molar-refractivity contribution in [2.45, 2.75) is 20.3 Å². The molecule has 0 aromatic carbocycles. The lowest BCUT2D eigenvalue weighted by molar-refractivity contribution is -0.384. The summed E-state index contributed by atoms with van der Waals surface area (Å²) in [5.41, 5.74) is 0.423. The van der Waals surface area contributed by atoms with E-state index in [9.17, 15) is 14.9 Å². The number of aromatic nitrogens is 2. The Kier molecular flexibility index (Phi) is 3.65. The second-order valence-electron chi connectivity index (χ2n) is 5.18. The number of anilines is 1. The summed E-state index contributed by atoms with van der Waals surface area (Å²) in [5.74, 6) is -1.01. The van der Waals surface area contributed by atoms with Crippen molar-refractivity contribution in [3.63, 3.8) is 0 Å². The van der Waals surface area contributed by atoms with Gasteiger partial charge in [-0.2, -0.15) is 5.10 Å². The average Bonchev–Trinajstić information content (AvgIpc) is 2.89. The average molecular weight is 282 g/mol. The number of carboxylic acids is 1. The van der Waals surface area contributed by atoms with Crippen LogP contribution in [0.3, 0.4) is 0 Å². The van der Waals surface area contributed by atoms with Crippen LogP contribution >= 0.6 is 0 Å². The van der Waals surface area contributed by atoms with Crippen molar-refractivity contribution >= 4 is 17.5 Å². The van der Waals surface area contributed by atoms with Crippen molar-refractivity contribution in [2.24, 2.45) is 18.9 Å². The summed E-state index contributed by atoms with van der Waals surface area (Å²) in [7, 11) is 1.65. The Hall–Kier alpha value is -2.12. The molecular weight excluding hydrogens is 264 g/mol. The van der Waals surface area contributed by atoms with Gasteiger partial charge in [0.05, 0.1) is 10.8 Å². The van der Waals surface area contributed by atoms with Crippen LogP contribution in [-0.4, -0.2) is 38.9 Å². The van der Waals surface area contributed by atoms with Gasteiger partial charge in [-0.05, 0) is 12.3 Å². The quantitative estimate of drug-likeness (QED) is 0.654. The lowest BCUT2D eigenvalue weighted by Crippen LogP contribution is -2.25. The maximum Gasteiger partial charge on any atom is 0.334 e. The Balaban J connectivity index is 2.41. The number of aliphatic carboxylic acids is 1. The molecule has 1 aliphatic heterocycles. The summed E-state index contributed by atoms with van der Waals surface area (Å²) in [4.78, 5) is 23.8. The number of hydrogen-bond donors (Lipinski definition) is 1. The SMILES string of the molecule is CCc1nn(C)c(N2C[C@@H](C)[C@H](C(=O)O)C2)c1[N+](=O)[O-]. The lowest BCUT2D eigenvalue weighted by atomic mass is 9.99. The molecule has 0 saturated carbocycles. The van der Waals surface area contributed by atoms with E-state index in [4.69, 9.17) is 5.11 Å². The number of nitro groups is 1. The lowest BCUT2D eigenvalue weighted by Gasteiger charge is -2.17. The zero-order valence-electron chi connectivity index (χ0n) is 11.7. The highest BCUT2D eigenvalue weighted by atomic mass is 16.6. The molecule has 0 bridgehead atoms. The van der Waals surface area contributed by atoms with Crippen molar-refractivity contribution in [3.05, 3.63) is 15.8 Å². The fraction of sp³-hybridized carbons (Fsp3) is 0.667. The Morgan fingerprint density at radius 2 is 2.20 bits per heavy atom. The third-order valence-electron chi connectivity index (χ3n) is 3.81. The van der Waals surface area contributed by atoms with Gasteiger partial charge in [0.15, 0.2) is 0 Å². The molecule has 0 radical (unpaired) electrons. The maximum atomic E-state index is 11.3. The van der Waals surface area contributed by atoms with Crippen LogP contribution < -0.4 is 4.90 Å². The highest BCUT2D eigenvalue weighted by Crippen LogP contribution is 2.36. The first-order valence-electron chi connectivity index (χ1n) is 6.54. The molecule has 0 aliphatic carbocycles. The minimum absolute atomic E-state index is 0.00626. The second kappa shape index (κ2) is 5.10. The van der Waals surface area contributed by atoms with Gasteiger partial charge < -0.3 is 10.0 Å². The van der Waals surface area contributed by atoms with Gasteiger partial charge in [0, 0.05) is 20.1 Å². The van der Waals surface area contributed by atoms with Crippen LogP contribution in [0.4, 0.5) is 11.5 Å². The maximum absolute atomic E-state index is 11.3. The number of carboxylic acid groups (broad SMARTS) is 1. The molecule has 2 atom stereocenters. The Morgan fingerprint density at radius 3 is 2.65 bits per heavy atom. The van der Waals surface area contributed by atoms with Crippen LogP contribution in [0.1, 0.15) is 19.5 Å². The molecule has 1 saturated heterocycles. The molecule has 1 N–H and O–H groups in total. The van der Waals surface area contributed by atoms with Crippen LogP contribution in [0.2, 0.25) is 0 Å². The van der Waals surface area contributed by atoms with E-state index in [1.807, 2.05) is 13.8 Å². The van der Waals surface area contributed by atoms with Gasteiger partial charge in [0.1, 0.15) is 5.69 Å².